The Bertz CT molecular complexity index is 782. The van der Waals surface area contributed by atoms with Crippen molar-refractivity contribution >= 4 is 23.1 Å². The molecule has 0 fully saturated rings. The molecule has 2 aliphatic heterocycles. The summed E-state index contributed by atoms with van der Waals surface area (Å²) in [4.78, 5) is 24.9. The number of hydrogen-bond donors (Lipinski definition) is 2. The van der Waals surface area contributed by atoms with Gasteiger partial charge in [0, 0.05) is 16.9 Å². The molecule has 0 aromatic heterocycles. The van der Waals surface area contributed by atoms with Crippen molar-refractivity contribution in [2.75, 3.05) is 10.6 Å². The second kappa shape index (κ2) is 4.19. The number of rotatable bonds is 1. The number of ketones is 1. The summed E-state index contributed by atoms with van der Waals surface area (Å²) in [5.74, 6) is -0.603. The Kier molecular flexibility index (Phi) is 2.42. The number of anilines is 2. The smallest absolute Gasteiger partial charge is 0.234 e. The van der Waals surface area contributed by atoms with Gasteiger partial charge in [-0.15, -0.1) is 0 Å². The average molecular weight is 278 g/mol. The lowest BCUT2D eigenvalue weighted by Crippen LogP contribution is -2.34. The number of para-hydroxylation sites is 1. The second-order valence-electron chi connectivity index (χ2n) is 5.59. The Labute approximate surface area is 122 Å². The molecule has 2 aromatic rings. The molecule has 2 aliphatic rings. The highest BCUT2D eigenvalue weighted by atomic mass is 16.2. The minimum absolute atomic E-state index is 0.0138. The van der Waals surface area contributed by atoms with E-state index >= 15 is 0 Å². The van der Waals surface area contributed by atoms with Crippen LogP contribution in [0.5, 0.6) is 0 Å². The van der Waals surface area contributed by atoms with Crippen molar-refractivity contribution in [3.8, 4) is 0 Å². The molecule has 0 spiro atoms. The van der Waals surface area contributed by atoms with E-state index in [9.17, 15) is 9.59 Å². The third kappa shape index (κ3) is 1.69. The first-order valence-electron chi connectivity index (χ1n) is 6.96. The molecule has 0 saturated carbocycles. The van der Waals surface area contributed by atoms with E-state index in [1.54, 1.807) is 6.07 Å². The molecule has 1 amide bonds. The van der Waals surface area contributed by atoms with Gasteiger partial charge in [0.15, 0.2) is 5.78 Å². The fourth-order valence-electron chi connectivity index (χ4n) is 3.20. The topological polar surface area (TPSA) is 58.2 Å². The molecule has 21 heavy (non-hydrogen) atoms. The summed E-state index contributed by atoms with van der Waals surface area (Å²) in [5.41, 5.74) is 4.26. The van der Waals surface area contributed by atoms with Gasteiger partial charge in [-0.25, -0.2) is 0 Å². The molecule has 2 N–H and O–H groups in total. The highest BCUT2D eigenvalue weighted by Gasteiger charge is 2.44. The number of Topliss-reactive ketones (excluding diaryl/α,β-unsaturated/α-hetero) is 1. The van der Waals surface area contributed by atoms with Crippen LogP contribution >= 0.6 is 0 Å². The monoisotopic (exact) mass is 278 g/mol. The van der Waals surface area contributed by atoms with Gasteiger partial charge in [0.2, 0.25) is 5.91 Å². The number of benzene rings is 2. The minimum atomic E-state index is -0.523. The third-order valence-corrected chi connectivity index (χ3v) is 4.20. The summed E-state index contributed by atoms with van der Waals surface area (Å²) in [5, 5.41) is 6.07. The van der Waals surface area contributed by atoms with Crippen LogP contribution < -0.4 is 10.6 Å². The van der Waals surface area contributed by atoms with Gasteiger partial charge < -0.3 is 10.6 Å². The Morgan fingerprint density at radius 2 is 1.81 bits per heavy atom. The van der Waals surface area contributed by atoms with E-state index in [0.29, 0.717) is 5.56 Å². The molecule has 4 heteroatoms. The molecule has 104 valence electrons. The molecule has 2 aromatic carbocycles. The molecule has 0 bridgehead atoms. The summed E-state index contributed by atoms with van der Waals surface area (Å²) in [6, 6.07) is 12.7. The van der Waals surface area contributed by atoms with Crippen LogP contribution in [0.2, 0.25) is 0 Å². The maximum absolute atomic E-state index is 12.6. The van der Waals surface area contributed by atoms with E-state index in [0.717, 1.165) is 22.5 Å². The summed E-state index contributed by atoms with van der Waals surface area (Å²) in [7, 11) is 0. The van der Waals surface area contributed by atoms with Gasteiger partial charge in [-0.05, 0) is 30.7 Å². The molecule has 4 nitrogen and oxygen atoms in total. The van der Waals surface area contributed by atoms with Gasteiger partial charge in [0.05, 0.1) is 5.92 Å². The van der Waals surface area contributed by atoms with Crippen LogP contribution in [0.3, 0.4) is 0 Å². The molecule has 0 radical (unpaired) electrons. The summed E-state index contributed by atoms with van der Waals surface area (Å²) in [6.45, 7) is 1.98. The van der Waals surface area contributed by atoms with Crippen LogP contribution in [-0.2, 0) is 4.79 Å². The number of nitrogens with one attached hydrogen (secondary N) is 2. The lowest BCUT2D eigenvalue weighted by atomic mass is 9.89. The van der Waals surface area contributed by atoms with E-state index in [-0.39, 0.29) is 11.7 Å². The van der Waals surface area contributed by atoms with Gasteiger partial charge >= 0.3 is 0 Å². The zero-order valence-corrected chi connectivity index (χ0v) is 11.5. The van der Waals surface area contributed by atoms with Crippen molar-refractivity contribution in [2.45, 2.75) is 18.9 Å². The van der Waals surface area contributed by atoms with Crippen molar-refractivity contribution in [2.24, 2.45) is 0 Å². The van der Waals surface area contributed by atoms with E-state index in [2.05, 4.69) is 10.6 Å². The largest absolute Gasteiger partial charge is 0.373 e. The summed E-state index contributed by atoms with van der Waals surface area (Å²) < 4.78 is 0. The number of aryl methyl sites for hydroxylation is 1. The molecule has 0 aliphatic carbocycles. The quantitative estimate of drug-likeness (QED) is 0.843. The Morgan fingerprint density at radius 3 is 2.62 bits per heavy atom. The summed E-state index contributed by atoms with van der Waals surface area (Å²) >= 11 is 0. The standard InChI is InChI=1S/C17H14N2O2/c1-9-6-7-13-11(8-9)14(17(21)19-13)15-16(20)10-4-2-3-5-12(10)18-15/h2-8,14-15,18H,1H3,(H,19,21). The SMILES string of the molecule is Cc1ccc2c(c1)C(C1Nc3ccccc3C1=O)C(=O)N2. The van der Waals surface area contributed by atoms with Crippen molar-refractivity contribution < 1.29 is 9.59 Å². The molecule has 2 heterocycles. The molecule has 2 unspecified atom stereocenters. The number of carbonyl (C=O) groups excluding carboxylic acids is 2. The summed E-state index contributed by atoms with van der Waals surface area (Å²) in [6.07, 6.45) is 0. The van der Waals surface area contributed by atoms with Crippen molar-refractivity contribution in [3.05, 3.63) is 59.2 Å². The first-order chi connectivity index (χ1) is 10.1. The van der Waals surface area contributed by atoms with Crippen molar-refractivity contribution in [3.63, 3.8) is 0 Å². The third-order valence-electron chi connectivity index (χ3n) is 4.20. The highest BCUT2D eigenvalue weighted by Crippen LogP contribution is 2.40. The number of carbonyl (C=O) groups is 2. The van der Waals surface area contributed by atoms with Gasteiger partial charge in [0.25, 0.3) is 0 Å². The fourth-order valence-corrected chi connectivity index (χ4v) is 3.20. The molecular weight excluding hydrogens is 264 g/mol. The maximum Gasteiger partial charge on any atom is 0.234 e. The van der Waals surface area contributed by atoms with E-state index in [1.807, 2.05) is 43.3 Å². The van der Waals surface area contributed by atoms with Crippen LogP contribution in [0.1, 0.15) is 27.4 Å². The number of fused-ring (bicyclic) bond motifs is 2. The average Bonchev–Trinajstić information content (AvgIpc) is 2.96. The van der Waals surface area contributed by atoms with Crippen LogP contribution in [0, 0.1) is 6.92 Å². The normalized spacial score (nSPS) is 22.5. The number of hydrogen-bond acceptors (Lipinski definition) is 3. The van der Waals surface area contributed by atoms with E-state index in [1.165, 1.54) is 0 Å². The molecule has 0 saturated heterocycles. The van der Waals surface area contributed by atoms with E-state index < -0.39 is 12.0 Å². The Morgan fingerprint density at radius 1 is 1.00 bits per heavy atom. The van der Waals surface area contributed by atoms with Gasteiger partial charge in [-0.1, -0.05) is 29.8 Å². The zero-order chi connectivity index (χ0) is 14.6. The number of amides is 1. The lowest BCUT2D eigenvalue weighted by molar-refractivity contribution is -0.117. The second-order valence-corrected chi connectivity index (χ2v) is 5.59. The van der Waals surface area contributed by atoms with Crippen LogP contribution in [0.25, 0.3) is 0 Å². The molecule has 4 rings (SSSR count). The van der Waals surface area contributed by atoms with Crippen LogP contribution in [-0.4, -0.2) is 17.7 Å². The van der Waals surface area contributed by atoms with Gasteiger partial charge in [-0.3, -0.25) is 9.59 Å². The van der Waals surface area contributed by atoms with Gasteiger partial charge in [-0.2, -0.15) is 0 Å². The molecular formula is C17H14N2O2. The minimum Gasteiger partial charge on any atom is -0.373 e. The highest BCUT2D eigenvalue weighted by molar-refractivity contribution is 6.16. The first kappa shape index (κ1) is 12.1. The fraction of sp³-hybridized carbons (Fsp3) is 0.176. The van der Waals surface area contributed by atoms with Gasteiger partial charge in [0.1, 0.15) is 6.04 Å². The van der Waals surface area contributed by atoms with Crippen molar-refractivity contribution in [1.29, 1.82) is 0 Å². The molecule has 2 atom stereocenters. The zero-order valence-electron chi connectivity index (χ0n) is 11.5. The maximum atomic E-state index is 12.6. The predicted octanol–water partition coefficient (Wildman–Crippen LogP) is 2.71. The van der Waals surface area contributed by atoms with Crippen LogP contribution in [0.4, 0.5) is 11.4 Å². The van der Waals surface area contributed by atoms with E-state index in [4.69, 9.17) is 0 Å². The van der Waals surface area contributed by atoms with Crippen molar-refractivity contribution in [1.82, 2.24) is 0 Å². The Hall–Kier alpha value is -2.62. The first-order valence-corrected chi connectivity index (χ1v) is 6.96. The Balaban J connectivity index is 1.78. The predicted molar refractivity (Wildman–Crippen MR) is 80.7 cm³/mol. The van der Waals surface area contributed by atoms with Crippen LogP contribution in [0.15, 0.2) is 42.5 Å². The lowest BCUT2D eigenvalue weighted by Gasteiger charge is -2.17.